The molecule has 0 N–H and O–H groups in total. The van der Waals surface area contributed by atoms with Gasteiger partial charge in [0.05, 0.1) is 30.2 Å². The normalized spacial score (nSPS) is 11.1. The second-order valence-corrected chi connectivity index (χ2v) is 9.06. The van der Waals surface area contributed by atoms with Gasteiger partial charge in [-0.15, -0.1) is 5.10 Å². The Hall–Kier alpha value is -4.18. The first-order valence-electron chi connectivity index (χ1n) is 10.1. The summed E-state index contributed by atoms with van der Waals surface area (Å²) in [4.78, 5) is 10.6. The zero-order valence-corrected chi connectivity index (χ0v) is 19.2. The van der Waals surface area contributed by atoms with Gasteiger partial charge in [-0.2, -0.15) is 0 Å². The minimum Gasteiger partial charge on any atom is -0.497 e. The predicted octanol–water partition coefficient (Wildman–Crippen LogP) is 3.46. The van der Waals surface area contributed by atoms with E-state index >= 15 is 0 Å². The van der Waals surface area contributed by atoms with Gasteiger partial charge in [-0.05, 0) is 35.9 Å². The highest BCUT2D eigenvalue weighted by atomic mass is 32.2. The van der Waals surface area contributed by atoms with Crippen molar-refractivity contribution >= 4 is 16.3 Å². The SMILES string of the molecule is COc1ccc(OC)c(-n2cc(-c3ccccc3S(=O)(=O)c3ccc(COC=O)cc3)nn2)c1. The first kappa shape index (κ1) is 23.0. The molecule has 4 rings (SSSR count). The van der Waals surface area contributed by atoms with Crippen LogP contribution in [0.15, 0.2) is 82.7 Å². The van der Waals surface area contributed by atoms with Gasteiger partial charge in [0.15, 0.2) is 0 Å². The summed E-state index contributed by atoms with van der Waals surface area (Å²) < 4.78 is 43.8. The molecule has 0 amide bonds. The first-order chi connectivity index (χ1) is 16.5. The standard InChI is InChI=1S/C24H21N3O6S/c1-31-18-9-12-23(32-2)22(13-18)27-14-21(25-26-27)20-5-3-4-6-24(20)34(29,30)19-10-7-17(8-11-19)15-33-16-28/h3-14,16H,15H2,1-2H3. The predicted molar refractivity (Wildman–Crippen MR) is 123 cm³/mol. The van der Waals surface area contributed by atoms with Crippen molar-refractivity contribution in [1.82, 2.24) is 15.0 Å². The number of nitrogens with zero attached hydrogens (tertiary/aromatic N) is 3. The summed E-state index contributed by atoms with van der Waals surface area (Å²) in [5.41, 5.74) is 2.05. The summed E-state index contributed by atoms with van der Waals surface area (Å²) in [7, 11) is -0.766. The van der Waals surface area contributed by atoms with Crippen LogP contribution in [-0.4, -0.2) is 44.1 Å². The maximum Gasteiger partial charge on any atom is 0.293 e. The number of hydrogen-bond donors (Lipinski definition) is 0. The molecule has 0 spiro atoms. The van der Waals surface area contributed by atoms with Crippen LogP contribution < -0.4 is 9.47 Å². The summed E-state index contributed by atoms with van der Waals surface area (Å²) >= 11 is 0. The zero-order chi connectivity index (χ0) is 24.1. The van der Waals surface area contributed by atoms with Crippen molar-refractivity contribution in [3.05, 3.63) is 78.5 Å². The van der Waals surface area contributed by atoms with Crippen LogP contribution in [0.5, 0.6) is 11.5 Å². The molecule has 3 aromatic carbocycles. The average Bonchev–Trinajstić information content (AvgIpc) is 3.37. The van der Waals surface area contributed by atoms with Crippen molar-refractivity contribution in [1.29, 1.82) is 0 Å². The molecule has 0 aliphatic rings. The smallest absolute Gasteiger partial charge is 0.293 e. The van der Waals surface area contributed by atoms with E-state index in [1.807, 2.05) is 0 Å². The Kier molecular flexibility index (Phi) is 6.60. The Bertz CT molecular complexity index is 1410. The molecule has 0 saturated heterocycles. The van der Waals surface area contributed by atoms with Crippen LogP contribution in [0, 0.1) is 0 Å². The Balaban J connectivity index is 1.73. The molecule has 0 fully saturated rings. The van der Waals surface area contributed by atoms with Gasteiger partial charge in [-0.3, -0.25) is 4.79 Å². The number of benzene rings is 3. The van der Waals surface area contributed by atoms with Crippen LogP contribution in [0.4, 0.5) is 0 Å². The fraction of sp³-hybridized carbons (Fsp3) is 0.125. The van der Waals surface area contributed by atoms with E-state index in [0.29, 0.717) is 40.5 Å². The Labute approximate surface area is 196 Å². The van der Waals surface area contributed by atoms with Gasteiger partial charge < -0.3 is 14.2 Å². The Morgan fingerprint density at radius 2 is 1.74 bits per heavy atom. The lowest BCUT2D eigenvalue weighted by molar-refractivity contribution is -0.129. The molecule has 10 heteroatoms. The van der Waals surface area contributed by atoms with Gasteiger partial charge in [0.1, 0.15) is 29.5 Å². The molecule has 9 nitrogen and oxygen atoms in total. The Morgan fingerprint density at radius 1 is 0.971 bits per heavy atom. The molecular formula is C24H21N3O6S. The number of methoxy groups -OCH3 is 2. The number of rotatable bonds is 9. The second-order valence-electron chi connectivity index (χ2n) is 7.14. The van der Waals surface area contributed by atoms with Crippen molar-refractivity contribution in [2.45, 2.75) is 16.4 Å². The molecule has 0 aliphatic carbocycles. The third kappa shape index (κ3) is 4.48. The molecule has 0 bridgehead atoms. The second kappa shape index (κ2) is 9.75. The van der Waals surface area contributed by atoms with Crippen LogP contribution in [0.2, 0.25) is 0 Å². The summed E-state index contributed by atoms with van der Waals surface area (Å²) in [5.74, 6) is 1.16. The van der Waals surface area contributed by atoms with E-state index in [1.165, 1.54) is 22.9 Å². The highest BCUT2D eigenvalue weighted by molar-refractivity contribution is 7.91. The minimum atomic E-state index is -3.87. The van der Waals surface area contributed by atoms with E-state index in [4.69, 9.17) is 14.2 Å². The van der Waals surface area contributed by atoms with E-state index in [9.17, 15) is 13.2 Å². The van der Waals surface area contributed by atoms with Crippen molar-refractivity contribution in [2.75, 3.05) is 14.2 Å². The largest absolute Gasteiger partial charge is 0.497 e. The van der Waals surface area contributed by atoms with E-state index in [2.05, 4.69) is 10.3 Å². The molecule has 0 aliphatic heterocycles. The minimum absolute atomic E-state index is 0.0667. The van der Waals surface area contributed by atoms with Gasteiger partial charge in [0.25, 0.3) is 6.47 Å². The Morgan fingerprint density at radius 3 is 2.44 bits per heavy atom. The molecule has 34 heavy (non-hydrogen) atoms. The summed E-state index contributed by atoms with van der Waals surface area (Å²) in [6, 6.07) is 18.0. The van der Waals surface area contributed by atoms with E-state index < -0.39 is 9.84 Å². The van der Waals surface area contributed by atoms with Gasteiger partial charge in [-0.25, -0.2) is 13.1 Å². The van der Waals surface area contributed by atoms with Crippen LogP contribution in [0.25, 0.3) is 16.9 Å². The van der Waals surface area contributed by atoms with E-state index in [0.717, 1.165) is 0 Å². The molecule has 1 aromatic heterocycles. The summed E-state index contributed by atoms with van der Waals surface area (Å²) in [6.45, 7) is 0.409. The molecule has 0 radical (unpaired) electrons. The lowest BCUT2D eigenvalue weighted by Gasteiger charge is -2.10. The maximum absolute atomic E-state index is 13.4. The molecule has 0 unspecified atom stereocenters. The fourth-order valence-electron chi connectivity index (χ4n) is 3.42. The van der Waals surface area contributed by atoms with Gasteiger partial charge in [0.2, 0.25) is 9.84 Å². The highest BCUT2D eigenvalue weighted by Gasteiger charge is 2.23. The quantitative estimate of drug-likeness (QED) is 0.336. The first-order valence-corrected chi connectivity index (χ1v) is 11.6. The van der Waals surface area contributed by atoms with Crippen molar-refractivity contribution in [3.8, 4) is 28.4 Å². The third-order valence-corrected chi connectivity index (χ3v) is 6.96. The topological polar surface area (TPSA) is 110 Å². The summed E-state index contributed by atoms with van der Waals surface area (Å²) in [6.07, 6.45) is 1.63. The van der Waals surface area contributed by atoms with Crippen molar-refractivity contribution in [2.24, 2.45) is 0 Å². The number of sulfone groups is 1. The number of carbonyl (C=O) groups excluding carboxylic acids is 1. The van der Waals surface area contributed by atoms with E-state index in [-0.39, 0.29) is 16.4 Å². The van der Waals surface area contributed by atoms with Crippen molar-refractivity contribution in [3.63, 3.8) is 0 Å². The third-order valence-electron chi connectivity index (χ3n) is 5.13. The molecule has 174 valence electrons. The average molecular weight is 480 g/mol. The van der Waals surface area contributed by atoms with E-state index in [1.54, 1.807) is 68.9 Å². The number of ether oxygens (including phenoxy) is 3. The van der Waals surface area contributed by atoms with Crippen LogP contribution >= 0.6 is 0 Å². The zero-order valence-electron chi connectivity index (χ0n) is 18.4. The van der Waals surface area contributed by atoms with Crippen LogP contribution in [0.1, 0.15) is 5.56 Å². The molecule has 0 atom stereocenters. The highest BCUT2D eigenvalue weighted by Crippen LogP contribution is 2.32. The summed E-state index contributed by atoms with van der Waals surface area (Å²) in [5, 5.41) is 8.39. The lowest BCUT2D eigenvalue weighted by atomic mass is 10.2. The fourth-order valence-corrected chi connectivity index (χ4v) is 4.88. The number of aromatic nitrogens is 3. The molecular weight excluding hydrogens is 458 g/mol. The van der Waals surface area contributed by atoms with Crippen LogP contribution in [-0.2, 0) is 26.0 Å². The maximum atomic E-state index is 13.4. The van der Waals surface area contributed by atoms with Crippen molar-refractivity contribution < 1.29 is 27.4 Å². The van der Waals surface area contributed by atoms with Gasteiger partial charge >= 0.3 is 0 Å². The molecule has 0 saturated carbocycles. The number of hydrogen-bond acceptors (Lipinski definition) is 8. The van der Waals surface area contributed by atoms with Gasteiger partial charge in [0, 0.05) is 11.6 Å². The molecule has 4 aromatic rings. The number of carbonyl (C=O) groups is 1. The van der Waals surface area contributed by atoms with Crippen LogP contribution in [0.3, 0.4) is 0 Å². The lowest BCUT2D eigenvalue weighted by Crippen LogP contribution is -2.04. The monoisotopic (exact) mass is 479 g/mol. The van der Waals surface area contributed by atoms with Gasteiger partial charge in [-0.1, -0.05) is 35.5 Å². The molecule has 1 heterocycles.